The van der Waals surface area contributed by atoms with Crippen LogP contribution in [-0.2, 0) is 16.0 Å². The summed E-state index contributed by atoms with van der Waals surface area (Å²) in [5.74, 6) is 0.0177. The lowest BCUT2D eigenvalue weighted by Gasteiger charge is -2.28. The van der Waals surface area contributed by atoms with Gasteiger partial charge in [0.05, 0.1) is 13.2 Å². The van der Waals surface area contributed by atoms with Crippen LogP contribution in [0.2, 0.25) is 5.02 Å². The molecule has 0 aromatic heterocycles. The van der Waals surface area contributed by atoms with Gasteiger partial charge in [0.2, 0.25) is 5.91 Å². The Balaban J connectivity index is 1.49. The highest BCUT2D eigenvalue weighted by Crippen LogP contribution is 2.19. The van der Waals surface area contributed by atoms with Crippen LogP contribution in [0.15, 0.2) is 48.5 Å². The highest BCUT2D eigenvalue weighted by Gasteiger charge is 2.11. The van der Waals surface area contributed by atoms with Crippen LogP contribution in [0.5, 0.6) is 0 Å². The van der Waals surface area contributed by atoms with E-state index >= 15 is 0 Å². The van der Waals surface area contributed by atoms with Crippen molar-refractivity contribution in [2.45, 2.75) is 12.8 Å². The Morgan fingerprint density at radius 3 is 2.38 bits per heavy atom. The molecular weight excluding hydrogens is 324 g/mol. The molecule has 2 aromatic rings. The fourth-order valence-corrected chi connectivity index (χ4v) is 2.84. The second kappa shape index (κ2) is 8.18. The summed E-state index contributed by atoms with van der Waals surface area (Å²) in [6.45, 7) is 3.35. The summed E-state index contributed by atoms with van der Waals surface area (Å²) < 4.78 is 5.36. The fourth-order valence-electron chi connectivity index (χ4n) is 2.71. The van der Waals surface area contributed by atoms with E-state index in [1.807, 2.05) is 48.5 Å². The molecule has 2 aromatic carbocycles. The molecule has 24 heavy (non-hydrogen) atoms. The number of amides is 1. The summed E-state index contributed by atoms with van der Waals surface area (Å²) in [4.78, 5) is 14.4. The number of halogens is 1. The van der Waals surface area contributed by atoms with Gasteiger partial charge in [-0.15, -0.1) is 0 Å². The minimum Gasteiger partial charge on any atom is -0.378 e. The zero-order chi connectivity index (χ0) is 16.8. The summed E-state index contributed by atoms with van der Waals surface area (Å²) in [7, 11) is 0. The van der Waals surface area contributed by atoms with Crippen LogP contribution in [-0.4, -0.2) is 32.2 Å². The molecule has 126 valence electrons. The van der Waals surface area contributed by atoms with Gasteiger partial charge in [-0.25, -0.2) is 0 Å². The van der Waals surface area contributed by atoms with Crippen molar-refractivity contribution < 1.29 is 9.53 Å². The van der Waals surface area contributed by atoms with E-state index in [1.165, 1.54) is 0 Å². The first-order chi connectivity index (χ1) is 11.7. The first kappa shape index (κ1) is 16.8. The maximum atomic E-state index is 12.1. The molecule has 0 bridgehead atoms. The number of carbonyl (C=O) groups is 1. The Bertz CT molecular complexity index is 665. The molecule has 5 heteroatoms. The van der Waals surface area contributed by atoms with Crippen molar-refractivity contribution in [3.8, 4) is 0 Å². The lowest BCUT2D eigenvalue weighted by atomic mass is 10.1. The van der Waals surface area contributed by atoms with Gasteiger partial charge in [-0.05, 0) is 48.4 Å². The van der Waals surface area contributed by atoms with Crippen LogP contribution >= 0.6 is 11.6 Å². The van der Waals surface area contributed by atoms with Gasteiger partial charge < -0.3 is 15.0 Å². The number of hydrogen-bond acceptors (Lipinski definition) is 3. The Morgan fingerprint density at radius 1 is 1.04 bits per heavy atom. The molecule has 3 rings (SSSR count). The van der Waals surface area contributed by atoms with E-state index in [0.717, 1.165) is 43.2 Å². The van der Waals surface area contributed by atoms with Gasteiger partial charge in [-0.3, -0.25) is 4.79 Å². The molecule has 0 saturated carbocycles. The number of anilines is 2. The number of carbonyl (C=O) groups excluding carboxylic acids is 1. The highest BCUT2D eigenvalue weighted by molar-refractivity contribution is 6.30. The quantitative estimate of drug-likeness (QED) is 0.898. The number of hydrogen-bond donors (Lipinski definition) is 1. The predicted octanol–water partition coefficient (Wildman–Crippen LogP) is 3.75. The number of aryl methyl sites for hydroxylation is 1. The first-order valence-electron chi connectivity index (χ1n) is 8.18. The highest BCUT2D eigenvalue weighted by atomic mass is 35.5. The number of nitrogens with one attached hydrogen (secondary N) is 1. The van der Waals surface area contributed by atoms with Crippen LogP contribution in [0, 0.1) is 0 Å². The van der Waals surface area contributed by atoms with Crippen molar-refractivity contribution in [1.82, 2.24) is 0 Å². The van der Waals surface area contributed by atoms with Gasteiger partial charge in [0.25, 0.3) is 0 Å². The first-order valence-corrected chi connectivity index (χ1v) is 8.55. The van der Waals surface area contributed by atoms with E-state index in [1.54, 1.807) is 0 Å². The summed E-state index contributed by atoms with van der Waals surface area (Å²) in [6, 6.07) is 15.6. The number of ether oxygens (including phenoxy) is 1. The molecule has 1 aliphatic rings. The van der Waals surface area contributed by atoms with Gasteiger partial charge in [-0.2, -0.15) is 0 Å². The number of nitrogens with zero attached hydrogens (tertiary/aromatic N) is 1. The van der Waals surface area contributed by atoms with Gasteiger partial charge in [0.15, 0.2) is 0 Å². The monoisotopic (exact) mass is 344 g/mol. The molecule has 4 nitrogen and oxygen atoms in total. The van der Waals surface area contributed by atoms with E-state index in [2.05, 4.69) is 10.2 Å². The third kappa shape index (κ3) is 4.73. The van der Waals surface area contributed by atoms with E-state index < -0.39 is 0 Å². The molecule has 1 amide bonds. The average molecular weight is 345 g/mol. The molecule has 0 aliphatic carbocycles. The van der Waals surface area contributed by atoms with Crippen molar-refractivity contribution in [2.24, 2.45) is 0 Å². The predicted molar refractivity (Wildman–Crippen MR) is 97.9 cm³/mol. The summed E-state index contributed by atoms with van der Waals surface area (Å²) >= 11 is 5.86. The van der Waals surface area contributed by atoms with E-state index in [4.69, 9.17) is 16.3 Å². The Labute approximate surface area is 147 Å². The largest absolute Gasteiger partial charge is 0.378 e. The molecule has 0 spiro atoms. The molecule has 1 fully saturated rings. The lowest BCUT2D eigenvalue weighted by Crippen LogP contribution is -2.36. The van der Waals surface area contributed by atoms with E-state index in [-0.39, 0.29) is 5.91 Å². The Kier molecular flexibility index (Phi) is 5.72. The zero-order valence-electron chi connectivity index (χ0n) is 13.5. The van der Waals surface area contributed by atoms with Gasteiger partial charge in [0.1, 0.15) is 0 Å². The zero-order valence-corrected chi connectivity index (χ0v) is 14.3. The van der Waals surface area contributed by atoms with Crippen molar-refractivity contribution >= 4 is 28.9 Å². The number of benzene rings is 2. The van der Waals surface area contributed by atoms with Gasteiger partial charge in [-0.1, -0.05) is 23.7 Å². The number of morpholine rings is 1. The smallest absolute Gasteiger partial charge is 0.224 e. The summed E-state index contributed by atoms with van der Waals surface area (Å²) in [5.41, 5.74) is 3.10. The fraction of sp³-hybridized carbons (Fsp3) is 0.316. The SMILES string of the molecule is O=C(CCc1ccc(Cl)cc1)Nc1ccc(N2CCOCC2)cc1. The van der Waals surface area contributed by atoms with Crippen LogP contribution < -0.4 is 10.2 Å². The molecule has 1 heterocycles. The Hall–Kier alpha value is -2.04. The minimum atomic E-state index is 0.0177. The molecule has 0 unspecified atom stereocenters. The maximum absolute atomic E-state index is 12.1. The van der Waals surface area contributed by atoms with Crippen LogP contribution in [0.4, 0.5) is 11.4 Å². The van der Waals surface area contributed by atoms with Crippen LogP contribution in [0.25, 0.3) is 0 Å². The normalized spacial score (nSPS) is 14.5. The lowest BCUT2D eigenvalue weighted by molar-refractivity contribution is -0.116. The molecule has 1 aliphatic heterocycles. The number of rotatable bonds is 5. The van der Waals surface area contributed by atoms with Gasteiger partial charge in [0, 0.05) is 35.9 Å². The second-order valence-corrected chi connectivity index (χ2v) is 6.26. The molecule has 1 saturated heterocycles. The summed E-state index contributed by atoms with van der Waals surface area (Å²) in [6.07, 6.45) is 1.15. The van der Waals surface area contributed by atoms with Crippen molar-refractivity contribution in [2.75, 3.05) is 36.5 Å². The molecule has 0 radical (unpaired) electrons. The summed E-state index contributed by atoms with van der Waals surface area (Å²) in [5, 5.41) is 3.66. The third-order valence-electron chi connectivity index (χ3n) is 4.08. The van der Waals surface area contributed by atoms with Crippen molar-refractivity contribution in [3.63, 3.8) is 0 Å². The van der Waals surface area contributed by atoms with E-state index in [0.29, 0.717) is 17.9 Å². The maximum Gasteiger partial charge on any atom is 0.224 e. The average Bonchev–Trinajstić information content (AvgIpc) is 2.63. The van der Waals surface area contributed by atoms with Gasteiger partial charge >= 0.3 is 0 Å². The Morgan fingerprint density at radius 2 is 1.71 bits per heavy atom. The van der Waals surface area contributed by atoms with Crippen molar-refractivity contribution in [1.29, 1.82) is 0 Å². The molecular formula is C19H21ClN2O2. The van der Waals surface area contributed by atoms with E-state index in [9.17, 15) is 4.79 Å². The standard InChI is InChI=1S/C19H21ClN2O2/c20-16-4-1-15(2-5-16)3-10-19(23)21-17-6-8-18(9-7-17)22-11-13-24-14-12-22/h1-2,4-9H,3,10-14H2,(H,21,23). The molecule has 1 N–H and O–H groups in total. The second-order valence-electron chi connectivity index (χ2n) is 5.82. The van der Waals surface area contributed by atoms with Crippen molar-refractivity contribution in [3.05, 3.63) is 59.1 Å². The van der Waals surface area contributed by atoms with Crippen LogP contribution in [0.1, 0.15) is 12.0 Å². The third-order valence-corrected chi connectivity index (χ3v) is 4.33. The molecule has 0 atom stereocenters. The topological polar surface area (TPSA) is 41.6 Å². The van der Waals surface area contributed by atoms with Crippen LogP contribution in [0.3, 0.4) is 0 Å². The minimum absolute atomic E-state index is 0.0177.